The van der Waals surface area contributed by atoms with Crippen LogP contribution >= 0.6 is 0 Å². The topological polar surface area (TPSA) is 94.0 Å². The first-order valence-electron chi connectivity index (χ1n) is 8.27. The van der Waals surface area contributed by atoms with E-state index in [-0.39, 0.29) is 0 Å². The molecule has 3 aromatic rings. The van der Waals surface area contributed by atoms with Crippen molar-refractivity contribution in [3.05, 3.63) is 41.8 Å². The van der Waals surface area contributed by atoms with E-state index in [1.807, 2.05) is 31.2 Å². The van der Waals surface area contributed by atoms with Gasteiger partial charge in [-0.3, -0.25) is 0 Å². The van der Waals surface area contributed by atoms with Crippen LogP contribution in [0.2, 0.25) is 0 Å². The molecule has 0 saturated heterocycles. The van der Waals surface area contributed by atoms with Gasteiger partial charge in [-0.1, -0.05) is 24.2 Å². The van der Waals surface area contributed by atoms with E-state index in [1.165, 1.54) is 0 Å². The lowest BCUT2D eigenvalue weighted by atomic mass is 10.2. The molecule has 1 aromatic carbocycles. The Labute approximate surface area is 140 Å². The summed E-state index contributed by atoms with van der Waals surface area (Å²) in [5.41, 5.74) is 6.60. The highest BCUT2D eigenvalue weighted by molar-refractivity contribution is 5.89. The standard InChI is InChI=1S/C17H22N6O/c1-3-14-20-16(24-22-14)11-23(4-2)17-12-7-5-6-8-13(12)19-15(21-17)9-10-18/h5-8H,3-4,9-11,18H2,1-2H3. The largest absolute Gasteiger partial charge is 0.347 e. The second-order valence-corrected chi connectivity index (χ2v) is 5.49. The van der Waals surface area contributed by atoms with Crippen molar-refractivity contribution in [2.75, 3.05) is 18.0 Å². The van der Waals surface area contributed by atoms with Gasteiger partial charge in [-0.05, 0) is 25.6 Å². The summed E-state index contributed by atoms with van der Waals surface area (Å²) >= 11 is 0. The van der Waals surface area contributed by atoms with Gasteiger partial charge in [0.15, 0.2) is 5.82 Å². The average Bonchev–Trinajstić information content (AvgIpc) is 3.07. The summed E-state index contributed by atoms with van der Waals surface area (Å²) in [5, 5.41) is 4.97. The number of nitrogens with zero attached hydrogens (tertiary/aromatic N) is 5. The Balaban J connectivity index is 2.00. The highest BCUT2D eigenvalue weighted by Crippen LogP contribution is 2.25. The summed E-state index contributed by atoms with van der Waals surface area (Å²) in [6.07, 6.45) is 1.41. The van der Waals surface area contributed by atoms with E-state index in [0.717, 1.165) is 41.3 Å². The quantitative estimate of drug-likeness (QED) is 0.710. The number of anilines is 1. The third kappa shape index (κ3) is 3.35. The van der Waals surface area contributed by atoms with Gasteiger partial charge in [-0.2, -0.15) is 4.98 Å². The van der Waals surface area contributed by atoms with Crippen LogP contribution in [0.5, 0.6) is 0 Å². The molecule has 2 N–H and O–H groups in total. The van der Waals surface area contributed by atoms with Crippen LogP contribution < -0.4 is 10.6 Å². The van der Waals surface area contributed by atoms with E-state index in [4.69, 9.17) is 15.2 Å². The zero-order chi connectivity index (χ0) is 16.9. The van der Waals surface area contributed by atoms with Crippen LogP contribution in [0, 0.1) is 0 Å². The summed E-state index contributed by atoms with van der Waals surface area (Å²) in [5.74, 6) is 2.95. The second kappa shape index (κ2) is 7.35. The predicted molar refractivity (Wildman–Crippen MR) is 92.7 cm³/mol. The number of hydrogen-bond donors (Lipinski definition) is 1. The predicted octanol–water partition coefficient (Wildman–Crippen LogP) is 2.10. The van der Waals surface area contributed by atoms with Crippen LogP contribution in [0.1, 0.15) is 31.4 Å². The van der Waals surface area contributed by atoms with Crippen molar-refractivity contribution in [3.8, 4) is 0 Å². The number of rotatable bonds is 7. The van der Waals surface area contributed by atoms with Gasteiger partial charge in [0, 0.05) is 24.8 Å². The smallest absolute Gasteiger partial charge is 0.246 e. The minimum Gasteiger partial charge on any atom is -0.347 e. The van der Waals surface area contributed by atoms with Gasteiger partial charge < -0.3 is 15.2 Å². The molecular formula is C17H22N6O. The maximum absolute atomic E-state index is 5.68. The third-order valence-corrected chi connectivity index (χ3v) is 3.83. The summed E-state index contributed by atoms with van der Waals surface area (Å²) in [7, 11) is 0. The van der Waals surface area contributed by atoms with Crippen molar-refractivity contribution < 1.29 is 4.52 Å². The molecule has 0 radical (unpaired) electrons. The van der Waals surface area contributed by atoms with Crippen molar-refractivity contribution in [2.45, 2.75) is 33.2 Å². The zero-order valence-corrected chi connectivity index (χ0v) is 14.1. The number of aromatic nitrogens is 4. The Morgan fingerprint density at radius 3 is 2.62 bits per heavy atom. The molecule has 0 fully saturated rings. The van der Waals surface area contributed by atoms with Crippen LogP contribution in [0.15, 0.2) is 28.8 Å². The van der Waals surface area contributed by atoms with Crippen LogP contribution in [-0.2, 0) is 19.4 Å². The maximum Gasteiger partial charge on any atom is 0.246 e. The fourth-order valence-corrected chi connectivity index (χ4v) is 2.59. The van der Waals surface area contributed by atoms with Crippen molar-refractivity contribution in [1.82, 2.24) is 20.1 Å². The minimum absolute atomic E-state index is 0.520. The molecule has 3 rings (SSSR count). The molecule has 24 heavy (non-hydrogen) atoms. The Kier molecular flexibility index (Phi) is 5.00. The second-order valence-electron chi connectivity index (χ2n) is 5.49. The van der Waals surface area contributed by atoms with E-state index in [0.29, 0.717) is 25.4 Å². The molecule has 7 nitrogen and oxygen atoms in total. The van der Waals surface area contributed by atoms with Crippen molar-refractivity contribution in [2.24, 2.45) is 5.73 Å². The lowest BCUT2D eigenvalue weighted by molar-refractivity contribution is 0.371. The Morgan fingerprint density at radius 2 is 1.92 bits per heavy atom. The molecule has 0 amide bonds. The molecule has 0 aliphatic carbocycles. The number of benzene rings is 1. The first-order valence-corrected chi connectivity index (χ1v) is 8.27. The lowest BCUT2D eigenvalue weighted by Gasteiger charge is -2.22. The Hall–Kier alpha value is -2.54. The summed E-state index contributed by atoms with van der Waals surface area (Å²) in [6, 6.07) is 8.00. The van der Waals surface area contributed by atoms with Gasteiger partial charge in [0.25, 0.3) is 0 Å². The van der Waals surface area contributed by atoms with Gasteiger partial charge in [0.05, 0.1) is 12.1 Å². The SMILES string of the molecule is CCc1noc(CN(CC)c2nc(CCN)nc3ccccc23)n1. The average molecular weight is 326 g/mol. The van der Waals surface area contributed by atoms with Gasteiger partial charge in [-0.15, -0.1) is 0 Å². The third-order valence-electron chi connectivity index (χ3n) is 3.83. The van der Waals surface area contributed by atoms with Gasteiger partial charge in [0.1, 0.15) is 11.6 Å². The summed E-state index contributed by atoms with van der Waals surface area (Å²) in [6.45, 7) is 5.90. The normalized spacial score (nSPS) is 11.1. The Morgan fingerprint density at radius 1 is 1.08 bits per heavy atom. The molecule has 2 heterocycles. The van der Waals surface area contributed by atoms with Gasteiger partial charge in [-0.25, -0.2) is 9.97 Å². The fourth-order valence-electron chi connectivity index (χ4n) is 2.59. The first-order chi connectivity index (χ1) is 11.7. The number of fused-ring (bicyclic) bond motifs is 1. The first kappa shape index (κ1) is 16.3. The van der Waals surface area contributed by atoms with Crippen molar-refractivity contribution >= 4 is 16.7 Å². The molecule has 0 saturated carbocycles. The van der Waals surface area contributed by atoms with Crippen molar-refractivity contribution in [3.63, 3.8) is 0 Å². The van der Waals surface area contributed by atoms with Crippen LogP contribution in [0.25, 0.3) is 10.9 Å². The van der Waals surface area contributed by atoms with Crippen molar-refractivity contribution in [1.29, 1.82) is 0 Å². The number of aryl methyl sites for hydroxylation is 1. The van der Waals surface area contributed by atoms with E-state index >= 15 is 0 Å². The van der Waals surface area contributed by atoms with E-state index in [2.05, 4.69) is 26.9 Å². The molecule has 2 aromatic heterocycles. The van der Waals surface area contributed by atoms with E-state index in [1.54, 1.807) is 0 Å². The maximum atomic E-state index is 5.68. The molecule has 0 aliphatic heterocycles. The van der Waals surface area contributed by atoms with E-state index in [9.17, 15) is 0 Å². The van der Waals surface area contributed by atoms with Gasteiger partial charge in [0.2, 0.25) is 5.89 Å². The molecule has 0 bridgehead atoms. The van der Waals surface area contributed by atoms with Crippen LogP contribution in [0.3, 0.4) is 0 Å². The molecular weight excluding hydrogens is 304 g/mol. The summed E-state index contributed by atoms with van der Waals surface area (Å²) in [4.78, 5) is 15.8. The minimum atomic E-state index is 0.520. The number of nitrogens with two attached hydrogens (primary N) is 1. The molecule has 0 aliphatic rings. The highest BCUT2D eigenvalue weighted by Gasteiger charge is 2.16. The molecule has 7 heteroatoms. The highest BCUT2D eigenvalue weighted by atomic mass is 16.5. The molecule has 126 valence electrons. The molecule has 0 unspecified atom stereocenters. The Bertz CT molecular complexity index is 816. The summed E-state index contributed by atoms with van der Waals surface area (Å²) < 4.78 is 5.33. The lowest BCUT2D eigenvalue weighted by Crippen LogP contribution is -2.24. The monoisotopic (exact) mass is 326 g/mol. The number of para-hydroxylation sites is 1. The van der Waals surface area contributed by atoms with Crippen LogP contribution in [0.4, 0.5) is 5.82 Å². The molecule has 0 atom stereocenters. The zero-order valence-electron chi connectivity index (χ0n) is 14.1. The van der Waals surface area contributed by atoms with E-state index < -0.39 is 0 Å². The fraction of sp³-hybridized carbons (Fsp3) is 0.412. The van der Waals surface area contributed by atoms with Crippen LogP contribution in [-0.4, -0.2) is 33.2 Å². The molecule has 0 spiro atoms. The van der Waals surface area contributed by atoms with Gasteiger partial charge >= 0.3 is 0 Å². The number of hydrogen-bond acceptors (Lipinski definition) is 7.